The first kappa shape index (κ1) is 19.4. The van der Waals surface area contributed by atoms with E-state index in [4.69, 9.17) is 0 Å². The zero-order valence-electron chi connectivity index (χ0n) is 12.9. The largest absolute Gasteiger partial charge is 0.323 e. The number of imidazole rings is 1. The van der Waals surface area contributed by atoms with Gasteiger partial charge in [-0.2, -0.15) is 0 Å². The SMILES string of the molecule is Cc1nccn1-c1ncccc1NC(=O)C1CCCNC1.Cl.Cl. The van der Waals surface area contributed by atoms with Crippen molar-refractivity contribution in [1.82, 2.24) is 19.9 Å². The van der Waals surface area contributed by atoms with Crippen LogP contribution in [0.3, 0.4) is 0 Å². The number of aromatic nitrogens is 3. The molecule has 126 valence electrons. The Bertz CT molecular complexity index is 640. The predicted octanol–water partition coefficient (Wildman–Crippen LogP) is 2.36. The number of nitrogens with zero attached hydrogens (tertiary/aromatic N) is 3. The van der Waals surface area contributed by atoms with Crippen LogP contribution in [0.4, 0.5) is 5.69 Å². The van der Waals surface area contributed by atoms with Gasteiger partial charge in [-0.25, -0.2) is 9.97 Å². The first-order chi connectivity index (χ1) is 10.3. The number of aryl methyl sites for hydroxylation is 1. The molecule has 1 atom stereocenters. The number of piperidine rings is 1. The Kier molecular flexibility index (Phi) is 7.48. The Labute approximate surface area is 147 Å². The number of amides is 1. The second-order valence-corrected chi connectivity index (χ2v) is 5.25. The van der Waals surface area contributed by atoms with Gasteiger partial charge in [0.25, 0.3) is 0 Å². The number of rotatable bonds is 3. The van der Waals surface area contributed by atoms with Gasteiger partial charge < -0.3 is 10.6 Å². The summed E-state index contributed by atoms with van der Waals surface area (Å²) in [6.07, 6.45) is 7.25. The normalized spacial score (nSPS) is 16.8. The Morgan fingerprint density at radius 1 is 1.35 bits per heavy atom. The first-order valence-electron chi connectivity index (χ1n) is 7.22. The molecule has 0 spiro atoms. The third kappa shape index (κ3) is 4.43. The van der Waals surface area contributed by atoms with E-state index < -0.39 is 0 Å². The molecule has 0 aromatic carbocycles. The molecule has 8 heteroatoms. The van der Waals surface area contributed by atoms with Crippen LogP contribution in [0.15, 0.2) is 30.7 Å². The molecule has 1 amide bonds. The molecule has 0 radical (unpaired) electrons. The summed E-state index contributed by atoms with van der Waals surface area (Å²) in [5.41, 5.74) is 0.717. The van der Waals surface area contributed by atoms with Gasteiger partial charge in [0, 0.05) is 25.1 Å². The van der Waals surface area contributed by atoms with E-state index in [-0.39, 0.29) is 36.6 Å². The standard InChI is InChI=1S/C15H19N5O.2ClH/c1-11-17-8-9-20(11)14-13(5-3-7-18-14)19-15(21)12-4-2-6-16-10-12;;/h3,5,7-9,12,16H,2,4,6,10H2,1H3,(H,19,21);2*1H. The second kappa shape index (κ2) is 8.86. The molecule has 2 aromatic rings. The van der Waals surface area contributed by atoms with Crippen molar-refractivity contribution in [2.24, 2.45) is 5.92 Å². The van der Waals surface area contributed by atoms with Crippen LogP contribution in [-0.2, 0) is 4.79 Å². The van der Waals surface area contributed by atoms with E-state index in [1.165, 1.54) is 0 Å². The van der Waals surface area contributed by atoms with Crippen LogP contribution in [0.2, 0.25) is 0 Å². The molecule has 2 aromatic heterocycles. The number of carbonyl (C=O) groups excluding carboxylic acids is 1. The molecule has 23 heavy (non-hydrogen) atoms. The van der Waals surface area contributed by atoms with Gasteiger partial charge in [0.1, 0.15) is 5.82 Å². The molecular formula is C15H21Cl2N5O. The number of anilines is 1. The van der Waals surface area contributed by atoms with Crippen molar-refractivity contribution in [3.63, 3.8) is 0 Å². The van der Waals surface area contributed by atoms with E-state index >= 15 is 0 Å². The summed E-state index contributed by atoms with van der Waals surface area (Å²) >= 11 is 0. The number of nitrogens with one attached hydrogen (secondary N) is 2. The highest BCUT2D eigenvalue weighted by Crippen LogP contribution is 2.20. The maximum Gasteiger partial charge on any atom is 0.228 e. The zero-order valence-corrected chi connectivity index (χ0v) is 14.5. The van der Waals surface area contributed by atoms with Crippen molar-refractivity contribution in [3.05, 3.63) is 36.5 Å². The van der Waals surface area contributed by atoms with Crippen molar-refractivity contribution in [2.45, 2.75) is 19.8 Å². The van der Waals surface area contributed by atoms with E-state index in [2.05, 4.69) is 20.6 Å². The molecular weight excluding hydrogens is 337 g/mol. The molecule has 1 saturated heterocycles. The van der Waals surface area contributed by atoms with Crippen LogP contribution in [0.25, 0.3) is 5.82 Å². The van der Waals surface area contributed by atoms with E-state index in [1.54, 1.807) is 12.4 Å². The monoisotopic (exact) mass is 357 g/mol. The molecule has 0 aliphatic carbocycles. The highest BCUT2D eigenvalue weighted by Gasteiger charge is 2.22. The van der Waals surface area contributed by atoms with Gasteiger partial charge >= 0.3 is 0 Å². The topological polar surface area (TPSA) is 71.8 Å². The van der Waals surface area contributed by atoms with Crippen molar-refractivity contribution >= 4 is 36.4 Å². The number of carbonyl (C=O) groups is 1. The molecule has 0 bridgehead atoms. The summed E-state index contributed by atoms with van der Waals surface area (Å²) in [4.78, 5) is 20.9. The average molecular weight is 358 g/mol. The molecule has 3 rings (SSSR count). The smallest absolute Gasteiger partial charge is 0.228 e. The fourth-order valence-electron chi connectivity index (χ4n) is 2.60. The fraction of sp³-hybridized carbons (Fsp3) is 0.400. The summed E-state index contributed by atoms with van der Waals surface area (Å²) in [6.45, 7) is 3.65. The Morgan fingerprint density at radius 2 is 2.17 bits per heavy atom. The molecule has 1 fully saturated rings. The van der Waals surface area contributed by atoms with Crippen LogP contribution in [-0.4, -0.2) is 33.5 Å². The number of halogens is 2. The number of hydrogen-bond donors (Lipinski definition) is 2. The number of hydrogen-bond acceptors (Lipinski definition) is 4. The highest BCUT2D eigenvalue weighted by molar-refractivity contribution is 5.94. The highest BCUT2D eigenvalue weighted by atomic mass is 35.5. The lowest BCUT2D eigenvalue weighted by Gasteiger charge is -2.22. The maximum atomic E-state index is 12.4. The molecule has 1 unspecified atom stereocenters. The van der Waals surface area contributed by atoms with Crippen LogP contribution in [0, 0.1) is 12.8 Å². The lowest BCUT2D eigenvalue weighted by molar-refractivity contribution is -0.120. The van der Waals surface area contributed by atoms with Gasteiger partial charge in [0.2, 0.25) is 5.91 Å². The van der Waals surface area contributed by atoms with Crippen molar-refractivity contribution in [3.8, 4) is 5.82 Å². The quantitative estimate of drug-likeness (QED) is 0.884. The summed E-state index contributed by atoms with van der Waals surface area (Å²) in [7, 11) is 0. The maximum absolute atomic E-state index is 12.4. The van der Waals surface area contributed by atoms with Gasteiger partial charge in [-0.1, -0.05) is 0 Å². The zero-order chi connectivity index (χ0) is 14.7. The van der Waals surface area contributed by atoms with Crippen LogP contribution in [0.5, 0.6) is 0 Å². The summed E-state index contributed by atoms with van der Waals surface area (Å²) in [6, 6.07) is 3.69. The minimum atomic E-state index is 0. The lowest BCUT2D eigenvalue weighted by atomic mass is 9.99. The molecule has 0 saturated carbocycles. The molecule has 6 nitrogen and oxygen atoms in total. The van der Waals surface area contributed by atoms with Gasteiger partial charge in [-0.15, -0.1) is 24.8 Å². The summed E-state index contributed by atoms with van der Waals surface area (Å²) < 4.78 is 1.87. The third-order valence-corrected chi connectivity index (χ3v) is 3.77. The fourth-order valence-corrected chi connectivity index (χ4v) is 2.60. The van der Waals surface area contributed by atoms with E-state index in [0.717, 1.165) is 31.8 Å². The lowest BCUT2D eigenvalue weighted by Crippen LogP contribution is -2.37. The van der Waals surface area contributed by atoms with E-state index in [9.17, 15) is 4.79 Å². The molecule has 1 aliphatic rings. The Hall–Kier alpha value is -1.63. The predicted molar refractivity (Wildman–Crippen MR) is 94.8 cm³/mol. The van der Waals surface area contributed by atoms with Gasteiger partial charge in [0.05, 0.1) is 11.6 Å². The van der Waals surface area contributed by atoms with Crippen LogP contribution in [0.1, 0.15) is 18.7 Å². The number of pyridine rings is 1. The Morgan fingerprint density at radius 3 is 2.83 bits per heavy atom. The van der Waals surface area contributed by atoms with Gasteiger partial charge in [0.15, 0.2) is 5.82 Å². The second-order valence-electron chi connectivity index (χ2n) is 5.25. The van der Waals surface area contributed by atoms with E-state index in [0.29, 0.717) is 11.5 Å². The van der Waals surface area contributed by atoms with Crippen LogP contribution >= 0.6 is 24.8 Å². The molecule has 1 aliphatic heterocycles. The summed E-state index contributed by atoms with van der Waals surface area (Å²) in [5.74, 6) is 1.61. The van der Waals surface area contributed by atoms with E-state index in [1.807, 2.05) is 29.8 Å². The minimum Gasteiger partial charge on any atom is -0.323 e. The van der Waals surface area contributed by atoms with Gasteiger partial charge in [-0.3, -0.25) is 9.36 Å². The third-order valence-electron chi connectivity index (χ3n) is 3.77. The summed E-state index contributed by atoms with van der Waals surface area (Å²) in [5, 5.41) is 6.27. The average Bonchev–Trinajstić information content (AvgIpc) is 2.95. The van der Waals surface area contributed by atoms with Crippen molar-refractivity contribution in [2.75, 3.05) is 18.4 Å². The molecule has 3 heterocycles. The molecule has 2 N–H and O–H groups in total. The first-order valence-corrected chi connectivity index (χ1v) is 7.22. The minimum absolute atomic E-state index is 0. The van der Waals surface area contributed by atoms with Gasteiger partial charge in [-0.05, 0) is 38.4 Å². The van der Waals surface area contributed by atoms with Crippen molar-refractivity contribution < 1.29 is 4.79 Å². The van der Waals surface area contributed by atoms with Crippen LogP contribution < -0.4 is 10.6 Å². The Balaban J connectivity index is 0.00000132. The van der Waals surface area contributed by atoms with Crippen molar-refractivity contribution in [1.29, 1.82) is 0 Å².